The SMILES string of the molecule is O=C1C(=Cc2cc(-c3cnc4ccccc4c3)ccc2OCCN2CCOCC2)SC(=S)N1CCCCc1nn[nH]n1. The molecule has 2 aromatic carbocycles. The van der Waals surface area contributed by atoms with Gasteiger partial charge in [0, 0.05) is 55.3 Å². The highest BCUT2D eigenvalue weighted by Crippen LogP contribution is 2.36. The summed E-state index contributed by atoms with van der Waals surface area (Å²) in [6.45, 7) is 5.20. The number of nitrogens with one attached hydrogen (secondary N) is 1. The smallest absolute Gasteiger partial charge is 0.266 e. The summed E-state index contributed by atoms with van der Waals surface area (Å²) in [6.07, 6.45) is 6.10. The van der Waals surface area contributed by atoms with Crippen LogP contribution in [0.15, 0.2) is 59.6 Å². The molecule has 1 amide bonds. The minimum absolute atomic E-state index is 0.0818. The molecule has 216 valence electrons. The third-order valence-corrected chi connectivity index (χ3v) is 8.66. The number of thioether (sulfide) groups is 1. The molecule has 10 nitrogen and oxygen atoms in total. The number of carbonyl (C=O) groups is 1. The number of tetrazole rings is 1. The zero-order valence-corrected chi connectivity index (χ0v) is 24.7. The summed E-state index contributed by atoms with van der Waals surface area (Å²) < 4.78 is 12.3. The standard InChI is InChI=1S/C30H31N7O3S2/c38-29-27(42-30(41)37(29)10-4-3-7-28-32-34-35-33-28)19-23-17-21(24-18-22-5-1-2-6-25(22)31-20-24)8-9-26(23)40-16-13-36-11-14-39-15-12-36/h1-2,5-6,8-9,17-20H,3-4,7,10-16H2,(H,32,33,34,35). The number of aromatic nitrogens is 5. The van der Waals surface area contributed by atoms with Gasteiger partial charge in [-0.3, -0.25) is 19.6 Å². The number of carbonyl (C=O) groups excluding carboxylic acids is 1. The first-order chi connectivity index (χ1) is 20.6. The molecule has 42 heavy (non-hydrogen) atoms. The first-order valence-electron chi connectivity index (χ1n) is 14.0. The Morgan fingerprint density at radius 1 is 1.07 bits per heavy atom. The first-order valence-corrected chi connectivity index (χ1v) is 15.3. The predicted molar refractivity (Wildman–Crippen MR) is 167 cm³/mol. The van der Waals surface area contributed by atoms with Gasteiger partial charge in [0.25, 0.3) is 5.91 Å². The van der Waals surface area contributed by atoms with Crippen molar-refractivity contribution in [2.75, 3.05) is 46.0 Å². The Morgan fingerprint density at radius 3 is 2.81 bits per heavy atom. The number of rotatable bonds is 11. The predicted octanol–water partition coefficient (Wildman–Crippen LogP) is 4.35. The molecule has 6 rings (SSSR count). The average Bonchev–Trinajstić information content (AvgIpc) is 3.63. The molecule has 0 unspecified atom stereocenters. The lowest BCUT2D eigenvalue weighted by atomic mass is 10.0. The summed E-state index contributed by atoms with van der Waals surface area (Å²) in [6, 6.07) is 16.3. The fourth-order valence-corrected chi connectivity index (χ4v) is 6.29. The second kappa shape index (κ2) is 13.5. The minimum Gasteiger partial charge on any atom is -0.492 e. The van der Waals surface area contributed by atoms with E-state index in [1.165, 1.54) is 11.8 Å². The number of morpholine rings is 1. The van der Waals surface area contributed by atoms with Crippen molar-refractivity contribution in [2.24, 2.45) is 0 Å². The lowest BCUT2D eigenvalue weighted by molar-refractivity contribution is -0.122. The van der Waals surface area contributed by atoms with Crippen LogP contribution in [0.5, 0.6) is 5.75 Å². The van der Waals surface area contributed by atoms with E-state index in [4.69, 9.17) is 21.7 Å². The van der Waals surface area contributed by atoms with Crippen molar-refractivity contribution in [1.29, 1.82) is 0 Å². The van der Waals surface area contributed by atoms with Gasteiger partial charge in [-0.1, -0.05) is 53.5 Å². The van der Waals surface area contributed by atoms with E-state index in [0.29, 0.717) is 34.6 Å². The number of pyridine rings is 1. The number of fused-ring (bicyclic) bond motifs is 1. The van der Waals surface area contributed by atoms with Crippen molar-refractivity contribution < 1.29 is 14.3 Å². The monoisotopic (exact) mass is 601 g/mol. The van der Waals surface area contributed by atoms with E-state index in [-0.39, 0.29) is 5.91 Å². The zero-order valence-electron chi connectivity index (χ0n) is 23.1. The van der Waals surface area contributed by atoms with E-state index in [0.717, 1.165) is 79.0 Å². The van der Waals surface area contributed by atoms with Crippen molar-refractivity contribution >= 4 is 51.2 Å². The Kier molecular flexibility index (Phi) is 9.14. The topological polar surface area (TPSA) is 109 Å². The summed E-state index contributed by atoms with van der Waals surface area (Å²) in [7, 11) is 0. The third kappa shape index (κ3) is 6.84. The summed E-state index contributed by atoms with van der Waals surface area (Å²) in [5.74, 6) is 1.32. The number of nitrogens with zero attached hydrogens (tertiary/aromatic N) is 6. The number of H-pyrrole nitrogens is 1. The number of ether oxygens (including phenoxy) is 2. The maximum Gasteiger partial charge on any atom is 0.266 e. The molecule has 0 spiro atoms. The first kappa shape index (κ1) is 28.4. The molecule has 0 aliphatic carbocycles. The van der Waals surface area contributed by atoms with E-state index >= 15 is 0 Å². The lowest BCUT2D eigenvalue weighted by Crippen LogP contribution is -2.38. The summed E-state index contributed by atoms with van der Waals surface area (Å²) >= 11 is 6.93. The van der Waals surface area contributed by atoms with Crippen molar-refractivity contribution in [1.82, 2.24) is 35.4 Å². The van der Waals surface area contributed by atoms with Crippen molar-refractivity contribution in [3.63, 3.8) is 0 Å². The number of benzene rings is 2. The Balaban J connectivity index is 1.21. The normalized spacial score (nSPS) is 17.0. The molecule has 0 radical (unpaired) electrons. The molecule has 0 saturated carbocycles. The number of aromatic amines is 1. The fourth-order valence-electron chi connectivity index (χ4n) is 4.99. The molecular weight excluding hydrogens is 571 g/mol. The molecular formula is C30H31N7O3S2. The van der Waals surface area contributed by atoms with Crippen molar-refractivity contribution in [3.05, 3.63) is 71.0 Å². The number of aryl methyl sites for hydroxylation is 1. The van der Waals surface area contributed by atoms with Gasteiger partial charge in [-0.05, 0) is 48.7 Å². The van der Waals surface area contributed by atoms with E-state index in [2.05, 4.69) is 48.7 Å². The van der Waals surface area contributed by atoms with Gasteiger partial charge in [-0.25, -0.2) is 0 Å². The van der Waals surface area contributed by atoms with Crippen molar-refractivity contribution in [3.8, 4) is 16.9 Å². The van der Waals surface area contributed by atoms with E-state index in [9.17, 15) is 4.79 Å². The quantitative estimate of drug-likeness (QED) is 0.151. The maximum absolute atomic E-state index is 13.4. The van der Waals surface area contributed by atoms with Crippen LogP contribution in [0.1, 0.15) is 24.2 Å². The van der Waals surface area contributed by atoms with E-state index in [1.54, 1.807) is 4.90 Å². The Labute approximate surface area is 253 Å². The van der Waals surface area contributed by atoms with Crippen LogP contribution in [0.4, 0.5) is 0 Å². The van der Waals surface area contributed by atoms with Crippen LogP contribution in [-0.4, -0.2) is 91.6 Å². The van der Waals surface area contributed by atoms with E-state index < -0.39 is 0 Å². The van der Waals surface area contributed by atoms with Crippen LogP contribution in [0.25, 0.3) is 28.1 Å². The second-order valence-corrected chi connectivity index (χ2v) is 11.8. The van der Waals surface area contributed by atoms with Gasteiger partial charge in [0.05, 0.1) is 23.6 Å². The van der Waals surface area contributed by atoms with Crippen LogP contribution in [0.3, 0.4) is 0 Å². The van der Waals surface area contributed by atoms with Gasteiger partial charge in [-0.2, -0.15) is 5.21 Å². The lowest BCUT2D eigenvalue weighted by Gasteiger charge is -2.26. The Bertz CT molecular complexity index is 1590. The number of unbranched alkanes of at least 4 members (excludes halogenated alkanes) is 1. The van der Waals surface area contributed by atoms with E-state index in [1.807, 2.05) is 42.6 Å². The fraction of sp³-hybridized carbons (Fsp3) is 0.333. The number of para-hydroxylation sites is 1. The number of thiocarbonyl (C=S) groups is 1. The molecule has 12 heteroatoms. The van der Waals surface area contributed by atoms with Gasteiger partial charge in [0.1, 0.15) is 16.7 Å². The molecule has 0 bridgehead atoms. The van der Waals surface area contributed by atoms with Crippen LogP contribution in [0, 0.1) is 0 Å². The highest BCUT2D eigenvalue weighted by Gasteiger charge is 2.31. The largest absolute Gasteiger partial charge is 0.492 e. The summed E-state index contributed by atoms with van der Waals surface area (Å²) in [5.41, 5.74) is 3.78. The van der Waals surface area contributed by atoms with Gasteiger partial charge >= 0.3 is 0 Å². The average molecular weight is 602 g/mol. The molecule has 2 aliphatic heterocycles. The van der Waals surface area contributed by atoms with Gasteiger partial charge < -0.3 is 9.47 Å². The zero-order chi connectivity index (χ0) is 28.7. The number of hydrogen-bond donors (Lipinski definition) is 1. The van der Waals surface area contributed by atoms with Crippen LogP contribution < -0.4 is 4.74 Å². The molecule has 2 aromatic heterocycles. The number of amides is 1. The Morgan fingerprint density at radius 2 is 1.95 bits per heavy atom. The van der Waals surface area contributed by atoms with Gasteiger partial charge in [0.15, 0.2) is 5.82 Å². The number of hydrogen-bond acceptors (Lipinski definition) is 10. The van der Waals surface area contributed by atoms with Crippen LogP contribution in [0.2, 0.25) is 0 Å². The minimum atomic E-state index is -0.0818. The summed E-state index contributed by atoms with van der Waals surface area (Å²) in [5, 5.41) is 15.1. The molecule has 2 saturated heterocycles. The highest BCUT2D eigenvalue weighted by atomic mass is 32.2. The molecule has 2 aliphatic rings. The molecule has 0 atom stereocenters. The Hall–Kier alpha value is -3.71. The molecule has 4 aromatic rings. The summed E-state index contributed by atoms with van der Waals surface area (Å²) in [4.78, 5) is 22.7. The molecule has 4 heterocycles. The third-order valence-electron chi connectivity index (χ3n) is 7.28. The molecule has 1 N–H and O–H groups in total. The van der Waals surface area contributed by atoms with Gasteiger partial charge in [0.2, 0.25) is 0 Å². The van der Waals surface area contributed by atoms with Crippen molar-refractivity contribution in [2.45, 2.75) is 19.3 Å². The van der Waals surface area contributed by atoms with Crippen LogP contribution in [-0.2, 0) is 16.0 Å². The maximum atomic E-state index is 13.4. The van der Waals surface area contributed by atoms with Gasteiger partial charge in [-0.15, -0.1) is 10.2 Å². The second-order valence-electron chi connectivity index (χ2n) is 10.1. The molecule has 2 fully saturated rings. The highest BCUT2D eigenvalue weighted by molar-refractivity contribution is 8.26. The van der Waals surface area contributed by atoms with Crippen LogP contribution >= 0.6 is 24.0 Å².